The molecule has 0 fully saturated rings. The second kappa shape index (κ2) is 3.42. The molecule has 0 N–H and O–H groups in total. The van der Waals surface area contributed by atoms with Gasteiger partial charge in [-0.05, 0) is 18.6 Å². The summed E-state index contributed by atoms with van der Waals surface area (Å²) < 4.78 is 6.25. The number of thiophene rings is 1. The zero-order valence-corrected chi connectivity index (χ0v) is 8.85. The van der Waals surface area contributed by atoms with E-state index in [0.29, 0.717) is 10.6 Å². The average Bonchev–Trinajstić information content (AvgIpc) is 2.54. The zero-order valence-electron chi connectivity index (χ0n) is 8.03. The van der Waals surface area contributed by atoms with Crippen molar-refractivity contribution in [2.24, 2.45) is 0 Å². The molecule has 0 atom stereocenters. The number of benzene rings is 1. The summed E-state index contributed by atoms with van der Waals surface area (Å²) in [5, 5.41) is 1.67. The number of hydrogen-bond donors (Lipinski definition) is 0. The molecule has 72 valence electrons. The van der Waals surface area contributed by atoms with Gasteiger partial charge >= 0.3 is 0 Å². The molecule has 0 aliphatic carbocycles. The van der Waals surface area contributed by atoms with Gasteiger partial charge in [0.05, 0.1) is 12.7 Å². The van der Waals surface area contributed by atoms with Crippen LogP contribution in [-0.2, 0) is 0 Å². The molecule has 0 saturated carbocycles. The summed E-state index contributed by atoms with van der Waals surface area (Å²) in [7, 11) is 1.59. The van der Waals surface area contributed by atoms with Gasteiger partial charge < -0.3 is 4.74 Å². The van der Waals surface area contributed by atoms with E-state index < -0.39 is 0 Å². The van der Waals surface area contributed by atoms with Crippen molar-refractivity contribution in [3.05, 3.63) is 29.3 Å². The number of aryl methyl sites for hydroxylation is 1. The Kier molecular flexibility index (Phi) is 2.25. The van der Waals surface area contributed by atoms with E-state index >= 15 is 0 Å². The van der Waals surface area contributed by atoms with Crippen LogP contribution in [-0.4, -0.2) is 13.4 Å². The maximum atomic E-state index is 10.9. The first kappa shape index (κ1) is 9.21. The van der Waals surface area contributed by atoms with Crippen molar-refractivity contribution in [2.75, 3.05) is 7.11 Å². The van der Waals surface area contributed by atoms with Gasteiger partial charge in [0.1, 0.15) is 0 Å². The van der Waals surface area contributed by atoms with Crippen LogP contribution in [0.4, 0.5) is 0 Å². The van der Waals surface area contributed by atoms with Gasteiger partial charge in [0.15, 0.2) is 11.3 Å². The van der Waals surface area contributed by atoms with E-state index in [1.807, 2.05) is 19.1 Å². The highest BCUT2D eigenvalue weighted by Crippen LogP contribution is 2.36. The summed E-state index contributed by atoms with van der Waals surface area (Å²) in [4.78, 5) is 10.9. The summed E-state index contributed by atoms with van der Waals surface area (Å²) in [6.07, 6.45) is 0.854. The molecule has 3 heteroatoms. The van der Waals surface area contributed by atoms with Crippen molar-refractivity contribution in [3.8, 4) is 5.06 Å². The van der Waals surface area contributed by atoms with E-state index in [4.69, 9.17) is 4.74 Å². The van der Waals surface area contributed by atoms with E-state index in [1.165, 1.54) is 16.9 Å². The van der Waals surface area contributed by atoms with Gasteiger partial charge in [-0.3, -0.25) is 4.79 Å². The molecule has 0 saturated heterocycles. The number of aldehydes is 1. The van der Waals surface area contributed by atoms with Crippen molar-refractivity contribution < 1.29 is 9.53 Å². The minimum atomic E-state index is 0.660. The number of methoxy groups -OCH3 is 1. The predicted octanol–water partition coefficient (Wildman–Crippen LogP) is 3.03. The number of hydrogen-bond acceptors (Lipinski definition) is 3. The Morgan fingerprint density at radius 3 is 2.86 bits per heavy atom. The number of carbonyl (C=O) groups is 1. The van der Waals surface area contributed by atoms with Crippen molar-refractivity contribution in [3.63, 3.8) is 0 Å². The van der Waals surface area contributed by atoms with Gasteiger partial charge in [-0.1, -0.05) is 23.5 Å². The fraction of sp³-hybridized carbons (Fsp3) is 0.182. The smallest absolute Gasteiger partial charge is 0.185 e. The van der Waals surface area contributed by atoms with Crippen LogP contribution in [0, 0.1) is 6.92 Å². The van der Waals surface area contributed by atoms with Crippen molar-refractivity contribution in [1.29, 1.82) is 0 Å². The fourth-order valence-electron chi connectivity index (χ4n) is 1.46. The van der Waals surface area contributed by atoms with E-state index in [1.54, 1.807) is 7.11 Å². The molecule has 0 aliphatic heterocycles. The monoisotopic (exact) mass is 206 g/mol. The lowest BCUT2D eigenvalue weighted by Crippen LogP contribution is -1.83. The summed E-state index contributed by atoms with van der Waals surface area (Å²) in [6.45, 7) is 2.03. The Labute approximate surface area is 86.1 Å². The topological polar surface area (TPSA) is 26.3 Å². The Hall–Kier alpha value is -1.35. The highest BCUT2D eigenvalue weighted by Gasteiger charge is 2.11. The average molecular weight is 206 g/mol. The molecule has 2 rings (SSSR count). The quantitative estimate of drug-likeness (QED) is 0.706. The van der Waals surface area contributed by atoms with Gasteiger partial charge in [-0.25, -0.2) is 0 Å². The van der Waals surface area contributed by atoms with Crippen LogP contribution in [0.2, 0.25) is 0 Å². The number of rotatable bonds is 2. The molecular formula is C11H10O2S. The molecule has 0 unspecified atom stereocenters. The number of fused-ring (bicyclic) bond motifs is 1. The second-order valence-electron chi connectivity index (χ2n) is 3.12. The minimum Gasteiger partial charge on any atom is -0.487 e. The Morgan fingerprint density at radius 1 is 1.43 bits per heavy atom. The van der Waals surface area contributed by atoms with E-state index in [-0.39, 0.29) is 0 Å². The first-order chi connectivity index (χ1) is 6.76. The predicted molar refractivity (Wildman–Crippen MR) is 58.5 cm³/mol. The molecule has 1 aromatic heterocycles. The van der Waals surface area contributed by atoms with E-state index in [0.717, 1.165) is 16.4 Å². The van der Waals surface area contributed by atoms with Crippen LogP contribution in [0.25, 0.3) is 10.1 Å². The molecule has 2 nitrogen and oxygen atoms in total. The Morgan fingerprint density at radius 2 is 2.21 bits per heavy atom. The first-order valence-corrected chi connectivity index (χ1v) is 5.10. The van der Waals surface area contributed by atoms with Gasteiger partial charge in [0.25, 0.3) is 0 Å². The number of carbonyl (C=O) groups excluding carboxylic acids is 1. The normalized spacial score (nSPS) is 10.4. The maximum absolute atomic E-state index is 10.9. The molecule has 14 heavy (non-hydrogen) atoms. The van der Waals surface area contributed by atoms with Crippen LogP contribution in [0.1, 0.15) is 15.9 Å². The summed E-state index contributed by atoms with van der Waals surface area (Å²) >= 11 is 1.51. The zero-order chi connectivity index (χ0) is 10.1. The summed E-state index contributed by atoms with van der Waals surface area (Å²) in [5.74, 6) is 0. The van der Waals surface area contributed by atoms with Crippen LogP contribution < -0.4 is 4.74 Å². The minimum absolute atomic E-state index is 0.660. The first-order valence-electron chi connectivity index (χ1n) is 4.28. The maximum Gasteiger partial charge on any atom is 0.185 e. The Bertz CT molecular complexity index is 485. The number of ether oxygens (including phenoxy) is 1. The fourth-order valence-corrected chi connectivity index (χ4v) is 2.55. The molecule has 0 bridgehead atoms. The highest BCUT2D eigenvalue weighted by atomic mass is 32.1. The van der Waals surface area contributed by atoms with Gasteiger partial charge in [0, 0.05) is 10.1 Å². The molecule has 1 aromatic carbocycles. The molecular weight excluding hydrogens is 196 g/mol. The molecule has 0 amide bonds. The summed E-state index contributed by atoms with van der Waals surface area (Å²) in [5.41, 5.74) is 1.85. The van der Waals surface area contributed by atoms with Gasteiger partial charge in [-0.15, -0.1) is 0 Å². The third-order valence-electron chi connectivity index (χ3n) is 2.15. The van der Waals surface area contributed by atoms with Crippen molar-refractivity contribution in [2.45, 2.75) is 6.92 Å². The lowest BCUT2D eigenvalue weighted by Gasteiger charge is -1.93. The lowest BCUT2D eigenvalue weighted by molar-refractivity contribution is 0.112. The largest absolute Gasteiger partial charge is 0.487 e. The SMILES string of the molecule is COc1sc2cc(C)ccc2c1C=O. The molecule has 1 heterocycles. The van der Waals surface area contributed by atoms with Crippen LogP contribution in [0.3, 0.4) is 0 Å². The summed E-state index contributed by atoms with van der Waals surface area (Å²) in [6, 6.07) is 6.03. The van der Waals surface area contributed by atoms with Gasteiger partial charge in [0.2, 0.25) is 0 Å². The third-order valence-corrected chi connectivity index (χ3v) is 3.28. The van der Waals surface area contributed by atoms with Crippen molar-refractivity contribution >= 4 is 27.7 Å². The van der Waals surface area contributed by atoms with Gasteiger partial charge in [-0.2, -0.15) is 0 Å². The molecule has 2 aromatic rings. The van der Waals surface area contributed by atoms with E-state index in [2.05, 4.69) is 6.07 Å². The molecule has 0 radical (unpaired) electrons. The van der Waals surface area contributed by atoms with Crippen LogP contribution >= 0.6 is 11.3 Å². The second-order valence-corrected chi connectivity index (χ2v) is 4.14. The molecule has 0 spiro atoms. The van der Waals surface area contributed by atoms with Crippen LogP contribution in [0.5, 0.6) is 5.06 Å². The van der Waals surface area contributed by atoms with Crippen molar-refractivity contribution in [1.82, 2.24) is 0 Å². The van der Waals surface area contributed by atoms with Crippen LogP contribution in [0.15, 0.2) is 18.2 Å². The lowest BCUT2D eigenvalue weighted by atomic mass is 10.1. The molecule has 0 aliphatic rings. The Balaban J connectivity index is 2.79. The highest BCUT2D eigenvalue weighted by molar-refractivity contribution is 7.21. The standard InChI is InChI=1S/C11H10O2S/c1-7-3-4-8-9(6-12)11(13-2)14-10(8)5-7/h3-6H,1-2H3. The third kappa shape index (κ3) is 1.30. The van der Waals surface area contributed by atoms with E-state index in [9.17, 15) is 4.79 Å².